The molecule has 1 atom stereocenters. The second-order valence-corrected chi connectivity index (χ2v) is 8.59. The van der Waals surface area contributed by atoms with Crippen LogP contribution in [0.15, 0.2) is 45.7 Å². The quantitative estimate of drug-likeness (QED) is 0.460. The van der Waals surface area contributed by atoms with Crippen LogP contribution in [0.2, 0.25) is 0 Å². The van der Waals surface area contributed by atoms with Crippen molar-refractivity contribution in [3.05, 3.63) is 63.8 Å². The molecular weight excluding hydrogens is 420 g/mol. The Balaban J connectivity index is 1.58. The molecule has 1 aliphatic rings. The average Bonchev–Trinajstić information content (AvgIpc) is 3.39. The van der Waals surface area contributed by atoms with Crippen LogP contribution >= 0.6 is 0 Å². The maximum atomic E-state index is 13.5. The second kappa shape index (κ2) is 8.70. The Bertz CT molecular complexity index is 1320. The summed E-state index contributed by atoms with van der Waals surface area (Å²) in [5.74, 6) is 1.82. The van der Waals surface area contributed by atoms with Crippen LogP contribution in [0.1, 0.15) is 29.9 Å². The Morgan fingerprint density at radius 3 is 2.79 bits per heavy atom. The number of fused-ring (bicyclic) bond motifs is 1. The third-order valence-corrected chi connectivity index (χ3v) is 5.99. The van der Waals surface area contributed by atoms with Crippen LogP contribution in [-0.2, 0) is 20.1 Å². The molecule has 0 saturated carbocycles. The Morgan fingerprint density at radius 2 is 2.06 bits per heavy atom. The Morgan fingerprint density at radius 1 is 1.24 bits per heavy atom. The minimum absolute atomic E-state index is 0.0853. The second-order valence-electron chi connectivity index (χ2n) is 8.59. The number of aryl methyl sites for hydroxylation is 1. The van der Waals surface area contributed by atoms with Gasteiger partial charge in [-0.3, -0.25) is 13.9 Å². The fourth-order valence-electron chi connectivity index (χ4n) is 4.32. The molecule has 0 aliphatic carbocycles. The number of nitrogens with two attached hydrogens (primary N) is 1. The smallest absolute Gasteiger partial charge is 0.281 e. The van der Waals surface area contributed by atoms with Crippen LogP contribution in [-0.4, -0.2) is 43.4 Å². The van der Waals surface area contributed by atoms with Crippen molar-refractivity contribution in [3.8, 4) is 0 Å². The molecule has 4 heterocycles. The van der Waals surface area contributed by atoms with Gasteiger partial charge in [0.1, 0.15) is 0 Å². The van der Waals surface area contributed by atoms with E-state index >= 15 is 0 Å². The van der Waals surface area contributed by atoms with E-state index in [9.17, 15) is 4.79 Å². The first-order valence-corrected chi connectivity index (χ1v) is 11.2. The van der Waals surface area contributed by atoms with Crippen molar-refractivity contribution in [2.45, 2.75) is 38.9 Å². The first-order chi connectivity index (χ1) is 16.0. The highest BCUT2D eigenvalue weighted by Crippen LogP contribution is 2.25. The summed E-state index contributed by atoms with van der Waals surface area (Å²) in [4.78, 5) is 25.2. The van der Waals surface area contributed by atoms with E-state index in [0.29, 0.717) is 42.5 Å². The van der Waals surface area contributed by atoms with Gasteiger partial charge in [-0.25, -0.2) is 0 Å². The summed E-state index contributed by atoms with van der Waals surface area (Å²) in [6, 6.07) is 12.0. The zero-order chi connectivity index (χ0) is 22.9. The van der Waals surface area contributed by atoms with Crippen molar-refractivity contribution in [1.82, 2.24) is 24.3 Å². The summed E-state index contributed by atoms with van der Waals surface area (Å²) < 4.78 is 8.74. The molecule has 1 aromatic carbocycles. The van der Waals surface area contributed by atoms with Crippen molar-refractivity contribution in [2.24, 2.45) is 12.8 Å². The van der Waals surface area contributed by atoms with E-state index in [0.717, 1.165) is 36.6 Å². The third kappa shape index (κ3) is 4.21. The zero-order valence-electron chi connectivity index (χ0n) is 18.9. The molecule has 1 fully saturated rings. The number of rotatable bonds is 6. The van der Waals surface area contributed by atoms with E-state index in [1.54, 1.807) is 7.05 Å². The molecule has 33 heavy (non-hydrogen) atoms. The molecule has 0 radical (unpaired) electrons. The molecule has 5 rings (SSSR count). The molecule has 3 aromatic heterocycles. The molecule has 0 spiro atoms. The van der Waals surface area contributed by atoms with Crippen LogP contribution < -0.4 is 21.5 Å². The van der Waals surface area contributed by atoms with Crippen LogP contribution in [0.3, 0.4) is 0 Å². The van der Waals surface area contributed by atoms with Gasteiger partial charge in [0.2, 0.25) is 11.9 Å². The number of piperidine rings is 1. The highest BCUT2D eigenvalue weighted by molar-refractivity contribution is 5.75. The molecule has 0 amide bonds. The maximum absolute atomic E-state index is 13.5. The van der Waals surface area contributed by atoms with Crippen LogP contribution in [0.4, 0.5) is 11.9 Å². The van der Waals surface area contributed by atoms with E-state index in [4.69, 9.17) is 20.2 Å². The van der Waals surface area contributed by atoms with Gasteiger partial charge >= 0.3 is 0 Å². The van der Waals surface area contributed by atoms with Crippen molar-refractivity contribution in [2.75, 3.05) is 23.3 Å². The summed E-state index contributed by atoms with van der Waals surface area (Å²) in [7, 11) is 1.71. The first kappa shape index (κ1) is 21.2. The minimum Gasteiger partial charge on any atom is -0.359 e. The standard InChI is InChI=1S/C23H28N8O2/c1-15-11-18(33-28-15)12-25-22-26-20-19(21(32)29(22)2)31(13-16-7-4-3-5-8-16)23(27-20)30-10-6-9-17(24)14-30/h3-5,7-8,11,17H,6,9-10,12-14,24H2,1-2H3,(H,25,26). The number of nitrogens with zero attached hydrogens (tertiary/aromatic N) is 6. The summed E-state index contributed by atoms with van der Waals surface area (Å²) >= 11 is 0. The number of hydrogen-bond donors (Lipinski definition) is 2. The molecule has 10 nitrogen and oxygen atoms in total. The van der Waals surface area contributed by atoms with Crippen molar-refractivity contribution >= 4 is 23.1 Å². The van der Waals surface area contributed by atoms with E-state index in [-0.39, 0.29) is 11.6 Å². The molecule has 10 heteroatoms. The third-order valence-electron chi connectivity index (χ3n) is 5.99. The monoisotopic (exact) mass is 448 g/mol. The minimum atomic E-state index is -0.160. The predicted molar refractivity (Wildman–Crippen MR) is 126 cm³/mol. The van der Waals surface area contributed by atoms with Gasteiger partial charge < -0.3 is 20.5 Å². The Kier molecular flexibility index (Phi) is 5.59. The lowest BCUT2D eigenvalue weighted by Gasteiger charge is -2.31. The average molecular weight is 449 g/mol. The summed E-state index contributed by atoms with van der Waals surface area (Å²) in [5.41, 5.74) is 8.88. The van der Waals surface area contributed by atoms with Crippen LogP contribution in [0.25, 0.3) is 11.2 Å². The lowest BCUT2D eigenvalue weighted by Crippen LogP contribution is -2.44. The molecule has 1 unspecified atom stereocenters. The van der Waals surface area contributed by atoms with Gasteiger partial charge in [-0.1, -0.05) is 35.5 Å². The SMILES string of the molecule is Cc1cc(CNc2nc3nc(N4CCCC(N)C4)n(Cc4ccccc4)c3c(=O)n2C)on1. The number of aromatic nitrogens is 5. The first-order valence-electron chi connectivity index (χ1n) is 11.2. The van der Waals surface area contributed by atoms with Crippen LogP contribution in [0.5, 0.6) is 0 Å². The Labute approximate surface area is 191 Å². The summed E-state index contributed by atoms with van der Waals surface area (Å²) in [5, 5.41) is 7.07. The normalized spacial score (nSPS) is 16.5. The van der Waals surface area contributed by atoms with Gasteiger partial charge in [-0.05, 0) is 25.3 Å². The van der Waals surface area contributed by atoms with Gasteiger partial charge in [0, 0.05) is 32.2 Å². The maximum Gasteiger partial charge on any atom is 0.281 e. The number of benzene rings is 1. The molecule has 1 saturated heterocycles. The number of anilines is 2. The molecule has 0 bridgehead atoms. The van der Waals surface area contributed by atoms with Crippen molar-refractivity contribution in [1.29, 1.82) is 0 Å². The highest BCUT2D eigenvalue weighted by Gasteiger charge is 2.25. The lowest BCUT2D eigenvalue weighted by atomic mass is 10.1. The zero-order valence-corrected chi connectivity index (χ0v) is 18.9. The fraction of sp³-hybridized carbons (Fsp3) is 0.391. The summed E-state index contributed by atoms with van der Waals surface area (Å²) in [6.07, 6.45) is 1.98. The Hall–Kier alpha value is -3.66. The molecule has 3 N–H and O–H groups in total. The molecule has 4 aromatic rings. The van der Waals surface area contributed by atoms with Gasteiger partial charge in [-0.15, -0.1) is 0 Å². The number of imidazole rings is 1. The van der Waals surface area contributed by atoms with Crippen molar-refractivity contribution in [3.63, 3.8) is 0 Å². The molecule has 1 aliphatic heterocycles. The van der Waals surface area contributed by atoms with Gasteiger partial charge in [0.05, 0.1) is 18.8 Å². The largest absolute Gasteiger partial charge is 0.359 e. The summed E-state index contributed by atoms with van der Waals surface area (Å²) in [6.45, 7) is 4.31. The van der Waals surface area contributed by atoms with Crippen molar-refractivity contribution < 1.29 is 4.52 Å². The topological polar surface area (TPSA) is 120 Å². The number of nitrogens with one attached hydrogen (secondary N) is 1. The van der Waals surface area contributed by atoms with Crippen LogP contribution in [0, 0.1) is 6.92 Å². The fourth-order valence-corrected chi connectivity index (χ4v) is 4.32. The van der Waals surface area contributed by atoms with E-state index in [1.807, 2.05) is 47.9 Å². The molecular formula is C23H28N8O2. The highest BCUT2D eigenvalue weighted by atomic mass is 16.5. The van der Waals surface area contributed by atoms with Gasteiger partial charge in [-0.2, -0.15) is 9.97 Å². The van der Waals surface area contributed by atoms with Gasteiger partial charge in [0.25, 0.3) is 5.56 Å². The number of hydrogen-bond acceptors (Lipinski definition) is 8. The van der Waals surface area contributed by atoms with E-state index < -0.39 is 0 Å². The lowest BCUT2D eigenvalue weighted by molar-refractivity contribution is 0.384. The van der Waals surface area contributed by atoms with E-state index in [2.05, 4.69) is 15.4 Å². The predicted octanol–water partition coefficient (Wildman–Crippen LogP) is 2.01. The van der Waals surface area contributed by atoms with E-state index in [1.165, 1.54) is 4.57 Å². The molecule has 172 valence electrons. The van der Waals surface area contributed by atoms with Gasteiger partial charge in [0.15, 0.2) is 16.9 Å².